The predicted octanol–water partition coefficient (Wildman–Crippen LogP) is 3.07. The molecule has 1 rings (SSSR count). The summed E-state index contributed by atoms with van der Waals surface area (Å²) in [5.41, 5.74) is 0.267. The molecule has 0 bridgehead atoms. The number of methoxy groups -OCH3 is 1. The normalized spacial score (nSPS) is 9.85. The van der Waals surface area contributed by atoms with Gasteiger partial charge >= 0.3 is 5.97 Å². The first-order chi connectivity index (χ1) is 6.06. The van der Waals surface area contributed by atoms with Crippen LogP contribution in [-0.2, 0) is 4.74 Å². The quantitative estimate of drug-likeness (QED) is 0.600. The third-order valence-electron chi connectivity index (χ3n) is 1.43. The van der Waals surface area contributed by atoms with Gasteiger partial charge in [-0.1, -0.05) is 23.2 Å². The van der Waals surface area contributed by atoms with E-state index in [1.807, 2.05) is 0 Å². The Hall–Kier alpha value is -0.380. The van der Waals surface area contributed by atoms with E-state index in [-0.39, 0.29) is 5.56 Å². The summed E-state index contributed by atoms with van der Waals surface area (Å²) >= 11 is 15.5. The fraction of sp³-hybridized carbons (Fsp3) is 0.125. The highest BCUT2D eigenvalue weighted by Gasteiger charge is 2.13. The highest BCUT2D eigenvalue weighted by molar-refractivity contribution is 7.80. The van der Waals surface area contributed by atoms with E-state index in [2.05, 4.69) is 17.4 Å². The van der Waals surface area contributed by atoms with E-state index in [0.717, 1.165) is 0 Å². The number of esters is 1. The average molecular weight is 237 g/mol. The number of rotatable bonds is 1. The summed E-state index contributed by atoms with van der Waals surface area (Å²) in [5.74, 6) is -0.505. The molecular weight excluding hydrogens is 231 g/mol. The highest BCUT2D eigenvalue weighted by Crippen LogP contribution is 2.28. The van der Waals surface area contributed by atoms with E-state index in [0.29, 0.717) is 14.9 Å². The third kappa shape index (κ3) is 2.30. The van der Waals surface area contributed by atoms with E-state index in [1.165, 1.54) is 19.2 Å². The van der Waals surface area contributed by atoms with Crippen LogP contribution in [0.1, 0.15) is 10.4 Å². The molecule has 0 spiro atoms. The van der Waals surface area contributed by atoms with Crippen LogP contribution in [0.15, 0.2) is 17.0 Å². The molecule has 1 aromatic rings. The lowest BCUT2D eigenvalue weighted by Gasteiger charge is -2.04. The average Bonchev–Trinajstić information content (AvgIpc) is 2.10. The van der Waals surface area contributed by atoms with Gasteiger partial charge in [0.15, 0.2) is 0 Å². The van der Waals surface area contributed by atoms with Crippen molar-refractivity contribution in [1.82, 2.24) is 0 Å². The molecule has 5 heteroatoms. The molecule has 0 heterocycles. The van der Waals surface area contributed by atoms with Crippen LogP contribution in [0.5, 0.6) is 0 Å². The Morgan fingerprint density at radius 1 is 1.46 bits per heavy atom. The molecule has 0 unspecified atom stereocenters. The van der Waals surface area contributed by atoms with Crippen LogP contribution in [0.3, 0.4) is 0 Å². The number of carbonyl (C=O) groups excluding carboxylic acids is 1. The number of hydrogen-bond donors (Lipinski definition) is 1. The van der Waals surface area contributed by atoms with Gasteiger partial charge in [-0.2, -0.15) is 0 Å². The summed E-state index contributed by atoms with van der Waals surface area (Å²) in [5, 5.41) is 0.708. The van der Waals surface area contributed by atoms with Crippen molar-refractivity contribution in [2.45, 2.75) is 4.90 Å². The van der Waals surface area contributed by atoms with Gasteiger partial charge in [0.25, 0.3) is 0 Å². The van der Waals surface area contributed by atoms with Crippen molar-refractivity contribution >= 4 is 41.8 Å². The Kier molecular flexibility index (Phi) is 3.47. The molecule has 0 fully saturated rings. The zero-order chi connectivity index (χ0) is 10.0. The molecule has 0 saturated heterocycles. The molecule has 0 saturated carbocycles. The lowest BCUT2D eigenvalue weighted by Crippen LogP contribution is -2.02. The standard InChI is InChI=1S/C8H6Cl2O2S/c1-12-8(11)5-2-4(9)3-6(10)7(5)13/h2-3,13H,1H3. The molecule has 70 valence electrons. The first-order valence-corrected chi connectivity index (χ1v) is 4.53. The van der Waals surface area contributed by atoms with Crippen LogP contribution in [0.4, 0.5) is 0 Å². The zero-order valence-corrected chi connectivity index (χ0v) is 9.08. The van der Waals surface area contributed by atoms with Crippen molar-refractivity contribution in [1.29, 1.82) is 0 Å². The zero-order valence-electron chi connectivity index (χ0n) is 6.67. The van der Waals surface area contributed by atoms with Crippen LogP contribution < -0.4 is 0 Å². The second-order valence-corrected chi connectivity index (χ2v) is 3.57. The minimum atomic E-state index is -0.505. The van der Waals surface area contributed by atoms with Gasteiger partial charge in [-0.3, -0.25) is 0 Å². The molecule has 0 aliphatic carbocycles. The van der Waals surface area contributed by atoms with Crippen LogP contribution in [-0.4, -0.2) is 13.1 Å². The second-order valence-electron chi connectivity index (χ2n) is 2.28. The van der Waals surface area contributed by atoms with Gasteiger partial charge in [-0.05, 0) is 12.1 Å². The van der Waals surface area contributed by atoms with Crippen molar-refractivity contribution in [3.63, 3.8) is 0 Å². The van der Waals surface area contributed by atoms with E-state index in [9.17, 15) is 4.79 Å². The monoisotopic (exact) mass is 236 g/mol. The Morgan fingerprint density at radius 2 is 2.08 bits per heavy atom. The molecule has 0 aromatic heterocycles. The molecule has 0 aliphatic heterocycles. The Bertz CT molecular complexity index is 352. The van der Waals surface area contributed by atoms with E-state index >= 15 is 0 Å². The number of thiol groups is 1. The van der Waals surface area contributed by atoms with Crippen molar-refractivity contribution in [3.8, 4) is 0 Å². The number of benzene rings is 1. The van der Waals surface area contributed by atoms with Gasteiger partial charge in [0.05, 0.1) is 17.7 Å². The van der Waals surface area contributed by atoms with Crippen molar-refractivity contribution in [2.24, 2.45) is 0 Å². The molecule has 0 amide bonds. The number of carbonyl (C=O) groups is 1. The molecule has 0 aliphatic rings. The van der Waals surface area contributed by atoms with Crippen molar-refractivity contribution < 1.29 is 9.53 Å². The number of halogens is 2. The lowest BCUT2D eigenvalue weighted by molar-refractivity contribution is 0.0597. The van der Waals surface area contributed by atoms with Crippen LogP contribution >= 0.6 is 35.8 Å². The number of ether oxygens (including phenoxy) is 1. The largest absolute Gasteiger partial charge is 0.465 e. The molecular formula is C8H6Cl2O2S. The summed E-state index contributed by atoms with van der Waals surface area (Å²) in [4.78, 5) is 11.5. The fourth-order valence-electron chi connectivity index (χ4n) is 0.832. The first-order valence-electron chi connectivity index (χ1n) is 3.32. The SMILES string of the molecule is COC(=O)c1cc(Cl)cc(Cl)c1S. The second kappa shape index (κ2) is 4.22. The minimum absolute atomic E-state index is 0.267. The maximum atomic E-state index is 11.2. The molecule has 13 heavy (non-hydrogen) atoms. The topological polar surface area (TPSA) is 26.3 Å². The predicted molar refractivity (Wildman–Crippen MR) is 55.1 cm³/mol. The van der Waals surface area contributed by atoms with Crippen LogP contribution in [0, 0.1) is 0 Å². The summed E-state index contributed by atoms with van der Waals surface area (Å²) in [6, 6.07) is 2.97. The van der Waals surface area contributed by atoms with Crippen molar-refractivity contribution in [3.05, 3.63) is 27.7 Å². The maximum absolute atomic E-state index is 11.2. The van der Waals surface area contributed by atoms with Gasteiger partial charge in [0.2, 0.25) is 0 Å². The summed E-state index contributed by atoms with van der Waals surface area (Å²) in [6.07, 6.45) is 0. The summed E-state index contributed by atoms with van der Waals surface area (Å²) < 4.78 is 4.52. The Morgan fingerprint density at radius 3 is 2.62 bits per heavy atom. The smallest absolute Gasteiger partial charge is 0.339 e. The Labute approximate surface area is 91.2 Å². The number of hydrogen-bond acceptors (Lipinski definition) is 3. The van der Waals surface area contributed by atoms with Crippen LogP contribution in [0.25, 0.3) is 0 Å². The lowest BCUT2D eigenvalue weighted by atomic mass is 10.2. The van der Waals surface area contributed by atoms with Gasteiger partial charge in [-0.25, -0.2) is 4.79 Å². The van der Waals surface area contributed by atoms with E-state index in [1.54, 1.807) is 0 Å². The molecule has 0 radical (unpaired) electrons. The summed E-state index contributed by atoms with van der Waals surface area (Å²) in [7, 11) is 1.28. The van der Waals surface area contributed by atoms with E-state index in [4.69, 9.17) is 23.2 Å². The van der Waals surface area contributed by atoms with Gasteiger partial charge in [0, 0.05) is 9.92 Å². The fourth-order valence-corrected chi connectivity index (χ4v) is 1.55. The van der Waals surface area contributed by atoms with Gasteiger partial charge in [0.1, 0.15) is 0 Å². The van der Waals surface area contributed by atoms with Crippen LogP contribution in [0.2, 0.25) is 10.0 Å². The van der Waals surface area contributed by atoms with Crippen molar-refractivity contribution in [2.75, 3.05) is 7.11 Å². The van der Waals surface area contributed by atoms with Gasteiger partial charge in [-0.15, -0.1) is 12.6 Å². The molecule has 2 nitrogen and oxygen atoms in total. The minimum Gasteiger partial charge on any atom is -0.465 e. The highest BCUT2D eigenvalue weighted by atomic mass is 35.5. The third-order valence-corrected chi connectivity index (χ3v) is 2.56. The molecule has 1 aromatic carbocycles. The maximum Gasteiger partial charge on any atom is 0.339 e. The first kappa shape index (κ1) is 10.7. The van der Waals surface area contributed by atoms with E-state index < -0.39 is 5.97 Å². The van der Waals surface area contributed by atoms with Gasteiger partial charge < -0.3 is 4.74 Å². The molecule has 0 atom stereocenters. The Balaban J connectivity index is 3.28. The summed E-state index contributed by atoms with van der Waals surface area (Å²) in [6.45, 7) is 0. The molecule has 0 N–H and O–H groups in total.